The Labute approximate surface area is 191 Å². The fourth-order valence-electron chi connectivity index (χ4n) is 2.67. The zero-order valence-corrected chi connectivity index (χ0v) is 18.1. The summed E-state index contributed by atoms with van der Waals surface area (Å²) in [5.41, 5.74) is -0.470. The molecule has 0 bridgehead atoms. The number of alkyl halides is 3. The summed E-state index contributed by atoms with van der Waals surface area (Å²) in [6.07, 6.45) is -4.78. The number of methoxy groups -OCH3 is 1. The maximum Gasteiger partial charge on any atom is 0.416 e. The lowest BCUT2D eigenvalue weighted by atomic mass is 10.2. The zero-order chi connectivity index (χ0) is 24.7. The molecule has 0 unspecified atom stereocenters. The topological polar surface area (TPSA) is 109 Å². The van der Waals surface area contributed by atoms with Crippen molar-refractivity contribution < 1.29 is 41.7 Å². The lowest BCUT2D eigenvalue weighted by Crippen LogP contribution is -2.31. The highest BCUT2D eigenvalue weighted by Crippen LogP contribution is 2.31. The fraction of sp³-hybridized carbons (Fsp3) is 0.273. The molecule has 0 saturated heterocycles. The molecule has 0 spiro atoms. The number of carbonyl (C=O) groups is 2. The summed E-state index contributed by atoms with van der Waals surface area (Å²) >= 11 is 0. The highest BCUT2D eigenvalue weighted by Gasteiger charge is 2.30. The highest BCUT2D eigenvalue weighted by atomic mass is 19.4. The van der Waals surface area contributed by atoms with Crippen LogP contribution in [0, 0.1) is 0 Å². The summed E-state index contributed by atoms with van der Waals surface area (Å²) < 4.78 is 59.0. The third-order valence-electron chi connectivity index (χ3n) is 4.34. The Morgan fingerprint density at radius 3 is 2.44 bits per heavy atom. The Balaban J connectivity index is 1.54. The standard InChI is InChI=1S/C22H20F3N3O6/c1-13(20(29)32-10-9-26-21(30)31-2)33-15-4-6-16(7-5-15)34-19-12-27-18-11-14(22(23,24)25)3-8-17(18)28-19/h3-8,11-13H,9-10H2,1-2H3,(H,26,30)/t13-/m1/s1. The van der Waals surface area contributed by atoms with Crippen LogP contribution in [0.15, 0.2) is 48.7 Å². The molecule has 0 radical (unpaired) electrons. The van der Waals surface area contributed by atoms with E-state index in [4.69, 9.17) is 14.2 Å². The second-order valence-corrected chi connectivity index (χ2v) is 6.83. The molecule has 3 aromatic rings. The molecule has 9 nitrogen and oxygen atoms in total. The van der Waals surface area contributed by atoms with Crippen molar-refractivity contribution in [2.45, 2.75) is 19.2 Å². The van der Waals surface area contributed by atoms with Crippen LogP contribution in [0.3, 0.4) is 0 Å². The first-order valence-corrected chi connectivity index (χ1v) is 9.93. The number of carbonyl (C=O) groups excluding carboxylic acids is 2. The van der Waals surface area contributed by atoms with E-state index in [0.717, 1.165) is 12.1 Å². The van der Waals surface area contributed by atoms with Gasteiger partial charge in [-0.2, -0.15) is 13.2 Å². The Kier molecular flexibility index (Phi) is 7.71. The third-order valence-corrected chi connectivity index (χ3v) is 4.34. The minimum Gasteiger partial charge on any atom is -0.479 e. The number of hydrogen-bond acceptors (Lipinski definition) is 8. The van der Waals surface area contributed by atoms with E-state index in [0.29, 0.717) is 11.5 Å². The molecule has 0 fully saturated rings. The molecular formula is C22H20F3N3O6. The Bertz CT molecular complexity index is 1150. The number of esters is 1. The normalized spacial score (nSPS) is 12.0. The van der Waals surface area contributed by atoms with Crippen molar-refractivity contribution in [2.75, 3.05) is 20.3 Å². The summed E-state index contributed by atoms with van der Waals surface area (Å²) in [6.45, 7) is 1.56. The van der Waals surface area contributed by atoms with Crippen LogP contribution in [-0.2, 0) is 20.4 Å². The van der Waals surface area contributed by atoms with Gasteiger partial charge in [0.25, 0.3) is 0 Å². The van der Waals surface area contributed by atoms with E-state index < -0.39 is 29.9 Å². The molecule has 34 heavy (non-hydrogen) atoms. The van der Waals surface area contributed by atoms with E-state index >= 15 is 0 Å². The number of hydrogen-bond donors (Lipinski definition) is 1. The molecular weight excluding hydrogens is 459 g/mol. The van der Waals surface area contributed by atoms with Crippen molar-refractivity contribution in [2.24, 2.45) is 0 Å². The molecule has 1 amide bonds. The van der Waals surface area contributed by atoms with Gasteiger partial charge in [-0.05, 0) is 49.4 Å². The maximum absolute atomic E-state index is 12.8. The monoisotopic (exact) mass is 479 g/mol. The first-order chi connectivity index (χ1) is 16.2. The molecule has 1 heterocycles. The summed E-state index contributed by atoms with van der Waals surface area (Å²) in [4.78, 5) is 31.0. The molecule has 12 heteroatoms. The lowest BCUT2D eigenvalue weighted by molar-refractivity contribution is -0.150. The number of halogens is 3. The van der Waals surface area contributed by atoms with Gasteiger partial charge in [-0.25, -0.2) is 19.6 Å². The molecule has 1 N–H and O–H groups in total. The minimum atomic E-state index is -4.47. The molecule has 0 aliphatic heterocycles. The Morgan fingerprint density at radius 1 is 1.06 bits per heavy atom. The predicted molar refractivity (Wildman–Crippen MR) is 113 cm³/mol. The number of amides is 1. The SMILES string of the molecule is COC(=O)NCCOC(=O)[C@@H](C)Oc1ccc(Oc2cnc3cc(C(F)(F)F)ccc3n2)cc1. The molecule has 3 rings (SSSR count). The van der Waals surface area contributed by atoms with Crippen LogP contribution in [-0.4, -0.2) is 48.4 Å². The van der Waals surface area contributed by atoms with E-state index in [1.165, 1.54) is 26.3 Å². The van der Waals surface area contributed by atoms with Crippen molar-refractivity contribution in [3.8, 4) is 17.4 Å². The highest BCUT2D eigenvalue weighted by molar-refractivity contribution is 5.75. The zero-order valence-electron chi connectivity index (χ0n) is 18.1. The van der Waals surface area contributed by atoms with E-state index in [1.54, 1.807) is 24.3 Å². The van der Waals surface area contributed by atoms with Gasteiger partial charge in [0, 0.05) is 0 Å². The quantitative estimate of drug-likeness (QED) is 0.380. The second-order valence-electron chi connectivity index (χ2n) is 6.83. The summed E-state index contributed by atoms with van der Waals surface area (Å²) in [5.74, 6) is 0.219. The summed E-state index contributed by atoms with van der Waals surface area (Å²) in [6, 6.07) is 9.30. The van der Waals surface area contributed by atoms with Crippen LogP contribution in [0.4, 0.5) is 18.0 Å². The van der Waals surface area contributed by atoms with E-state index in [-0.39, 0.29) is 30.1 Å². The molecule has 1 atom stereocenters. The van der Waals surface area contributed by atoms with Crippen LogP contribution < -0.4 is 14.8 Å². The number of aromatic nitrogens is 2. The number of nitrogens with zero attached hydrogens (tertiary/aromatic N) is 2. The van der Waals surface area contributed by atoms with Gasteiger partial charge in [0.05, 0.1) is 36.4 Å². The number of alkyl carbamates (subject to hydrolysis) is 1. The maximum atomic E-state index is 12.8. The summed E-state index contributed by atoms with van der Waals surface area (Å²) in [5, 5.41) is 2.37. The van der Waals surface area contributed by atoms with Crippen LogP contribution in [0.2, 0.25) is 0 Å². The van der Waals surface area contributed by atoms with Crippen molar-refractivity contribution in [1.29, 1.82) is 0 Å². The number of fused-ring (bicyclic) bond motifs is 1. The molecule has 0 aliphatic rings. The van der Waals surface area contributed by atoms with Crippen LogP contribution in [0.5, 0.6) is 17.4 Å². The van der Waals surface area contributed by atoms with Crippen LogP contribution in [0.25, 0.3) is 11.0 Å². The average Bonchev–Trinajstić information content (AvgIpc) is 2.81. The minimum absolute atomic E-state index is 0.0429. The number of ether oxygens (including phenoxy) is 4. The molecule has 2 aromatic carbocycles. The van der Waals surface area contributed by atoms with Crippen molar-refractivity contribution >= 4 is 23.1 Å². The van der Waals surface area contributed by atoms with Crippen LogP contribution in [0.1, 0.15) is 12.5 Å². The van der Waals surface area contributed by atoms with E-state index in [2.05, 4.69) is 20.0 Å². The first-order valence-electron chi connectivity index (χ1n) is 9.93. The van der Waals surface area contributed by atoms with E-state index in [9.17, 15) is 22.8 Å². The first kappa shape index (κ1) is 24.6. The van der Waals surface area contributed by atoms with Gasteiger partial charge in [-0.15, -0.1) is 0 Å². The molecule has 0 saturated carbocycles. The van der Waals surface area contributed by atoms with Crippen molar-refractivity contribution in [3.63, 3.8) is 0 Å². The predicted octanol–water partition coefficient (Wildman–Crippen LogP) is 4.11. The Morgan fingerprint density at radius 2 is 1.76 bits per heavy atom. The largest absolute Gasteiger partial charge is 0.479 e. The smallest absolute Gasteiger partial charge is 0.416 e. The Hall–Kier alpha value is -4.09. The third kappa shape index (κ3) is 6.70. The van der Waals surface area contributed by atoms with Gasteiger partial charge in [-0.3, -0.25) is 0 Å². The van der Waals surface area contributed by atoms with Crippen molar-refractivity contribution in [3.05, 3.63) is 54.2 Å². The average molecular weight is 479 g/mol. The van der Waals surface area contributed by atoms with Gasteiger partial charge in [0.15, 0.2) is 6.10 Å². The molecule has 0 aliphatic carbocycles. The van der Waals surface area contributed by atoms with Crippen molar-refractivity contribution in [1.82, 2.24) is 15.3 Å². The van der Waals surface area contributed by atoms with Crippen LogP contribution >= 0.6 is 0 Å². The lowest BCUT2D eigenvalue weighted by Gasteiger charge is -2.14. The second kappa shape index (κ2) is 10.7. The fourth-order valence-corrected chi connectivity index (χ4v) is 2.67. The van der Waals surface area contributed by atoms with Gasteiger partial charge < -0.3 is 24.3 Å². The molecule has 180 valence electrons. The van der Waals surface area contributed by atoms with Gasteiger partial charge >= 0.3 is 18.2 Å². The number of nitrogens with one attached hydrogen (secondary N) is 1. The van der Waals surface area contributed by atoms with Gasteiger partial charge in [0.2, 0.25) is 5.88 Å². The summed E-state index contributed by atoms with van der Waals surface area (Å²) in [7, 11) is 1.22. The molecule has 1 aromatic heterocycles. The van der Waals surface area contributed by atoms with Gasteiger partial charge in [-0.1, -0.05) is 0 Å². The van der Waals surface area contributed by atoms with E-state index in [1.807, 2.05) is 0 Å². The number of rotatable bonds is 8. The van der Waals surface area contributed by atoms with Gasteiger partial charge in [0.1, 0.15) is 18.1 Å². The number of benzene rings is 2.